The zero-order valence-corrected chi connectivity index (χ0v) is 18.3. The van der Waals surface area contributed by atoms with E-state index in [4.69, 9.17) is 14.7 Å². The van der Waals surface area contributed by atoms with Crippen LogP contribution in [0, 0.1) is 0 Å². The van der Waals surface area contributed by atoms with Crippen molar-refractivity contribution in [3.63, 3.8) is 0 Å². The van der Waals surface area contributed by atoms with E-state index in [1.165, 1.54) is 4.90 Å². The lowest BCUT2D eigenvalue weighted by molar-refractivity contribution is 0.0981. The number of carboxylic acid groups (broad SMARTS) is 1. The van der Waals surface area contributed by atoms with Crippen molar-refractivity contribution in [2.24, 2.45) is 0 Å². The van der Waals surface area contributed by atoms with E-state index in [-0.39, 0.29) is 18.6 Å². The number of carbonyl (C=O) groups excluding carboxylic acids is 1. The van der Waals surface area contributed by atoms with Crippen molar-refractivity contribution in [2.75, 3.05) is 43.1 Å². The van der Waals surface area contributed by atoms with Gasteiger partial charge in [0.15, 0.2) is 5.82 Å². The Bertz CT molecular complexity index is 997. The van der Waals surface area contributed by atoms with Gasteiger partial charge in [0.1, 0.15) is 5.82 Å². The number of fused-ring (bicyclic) bond motifs is 1. The highest BCUT2D eigenvalue weighted by molar-refractivity contribution is 5.89. The standard InChI is InChI=1S/C22H28N6O4/c1-3-23-21(29)24-16-6-4-15(5-7-16)19-25-18-8-9-27(22(30)31)12-17(18)20(26-19)28-10-11-32-13-14(28)2/h4-7,14H,3,8-13H2,1-2H3,(H,30,31)(H2,23,24,29). The average molecular weight is 441 g/mol. The van der Waals surface area contributed by atoms with Crippen LogP contribution in [0.15, 0.2) is 24.3 Å². The van der Waals surface area contributed by atoms with Crippen molar-refractivity contribution < 1.29 is 19.4 Å². The van der Waals surface area contributed by atoms with E-state index in [9.17, 15) is 14.7 Å². The number of urea groups is 1. The Morgan fingerprint density at radius 3 is 2.69 bits per heavy atom. The van der Waals surface area contributed by atoms with Gasteiger partial charge < -0.3 is 30.3 Å². The molecule has 1 saturated heterocycles. The third-order valence-corrected chi connectivity index (χ3v) is 5.69. The smallest absolute Gasteiger partial charge is 0.407 e. The van der Waals surface area contributed by atoms with Crippen LogP contribution in [-0.4, -0.2) is 71.0 Å². The van der Waals surface area contributed by atoms with Crippen LogP contribution >= 0.6 is 0 Å². The third kappa shape index (κ3) is 4.59. The highest BCUT2D eigenvalue weighted by Gasteiger charge is 2.30. The van der Waals surface area contributed by atoms with E-state index in [2.05, 4.69) is 22.5 Å². The van der Waals surface area contributed by atoms with E-state index in [1.54, 1.807) is 0 Å². The van der Waals surface area contributed by atoms with Crippen LogP contribution < -0.4 is 15.5 Å². The van der Waals surface area contributed by atoms with Crippen LogP contribution in [0.3, 0.4) is 0 Å². The molecule has 1 aromatic carbocycles. The summed E-state index contributed by atoms with van der Waals surface area (Å²) in [5.41, 5.74) is 3.25. The second-order valence-electron chi connectivity index (χ2n) is 7.93. The number of carbonyl (C=O) groups is 2. The van der Waals surface area contributed by atoms with Crippen molar-refractivity contribution in [1.29, 1.82) is 0 Å². The van der Waals surface area contributed by atoms with Gasteiger partial charge in [-0.2, -0.15) is 0 Å². The van der Waals surface area contributed by atoms with Crippen molar-refractivity contribution >= 4 is 23.6 Å². The number of amides is 3. The van der Waals surface area contributed by atoms with E-state index in [0.717, 1.165) is 22.6 Å². The highest BCUT2D eigenvalue weighted by Crippen LogP contribution is 2.31. The molecule has 10 nitrogen and oxygen atoms in total. The average Bonchev–Trinajstić information content (AvgIpc) is 2.79. The summed E-state index contributed by atoms with van der Waals surface area (Å²) in [4.78, 5) is 36.6. The van der Waals surface area contributed by atoms with Gasteiger partial charge in [0.25, 0.3) is 0 Å². The zero-order valence-electron chi connectivity index (χ0n) is 18.3. The van der Waals surface area contributed by atoms with Gasteiger partial charge in [-0.05, 0) is 38.1 Å². The quantitative estimate of drug-likeness (QED) is 0.668. The van der Waals surface area contributed by atoms with Crippen molar-refractivity contribution in [3.8, 4) is 11.4 Å². The molecule has 1 atom stereocenters. The molecule has 3 amide bonds. The lowest BCUT2D eigenvalue weighted by Crippen LogP contribution is -2.46. The summed E-state index contributed by atoms with van der Waals surface area (Å²) in [5, 5.41) is 15.0. The molecule has 170 valence electrons. The molecule has 0 spiro atoms. The fraction of sp³-hybridized carbons (Fsp3) is 0.455. The topological polar surface area (TPSA) is 120 Å². The molecule has 0 radical (unpaired) electrons. The molecular formula is C22H28N6O4. The zero-order chi connectivity index (χ0) is 22.7. The summed E-state index contributed by atoms with van der Waals surface area (Å²) >= 11 is 0. The Morgan fingerprint density at radius 2 is 2.00 bits per heavy atom. The van der Waals surface area contributed by atoms with Gasteiger partial charge in [0.2, 0.25) is 0 Å². The highest BCUT2D eigenvalue weighted by atomic mass is 16.5. The Balaban J connectivity index is 1.68. The third-order valence-electron chi connectivity index (χ3n) is 5.69. The van der Waals surface area contributed by atoms with Gasteiger partial charge in [-0.25, -0.2) is 19.6 Å². The number of rotatable bonds is 4. The van der Waals surface area contributed by atoms with E-state index >= 15 is 0 Å². The summed E-state index contributed by atoms with van der Waals surface area (Å²) in [6, 6.07) is 7.26. The minimum absolute atomic E-state index is 0.124. The van der Waals surface area contributed by atoms with Gasteiger partial charge >= 0.3 is 12.1 Å². The molecule has 0 aliphatic carbocycles. The Morgan fingerprint density at radius 1 is 1.22 bits per heavy atom. The van der Waals surface area contributed by atoms with E-state index < -0.39 is 6.09 Å². The minimum Gasteiger partial charge on any atom is -0.465 e. The van der Waals surface area contributed by atoms with Crippen LogP contribution in [0.1, 0.15) is 25.1 Å². The second-order valence-corrected chi connectivity index (χ2v) is 7.93. The molecule has 3 N–H and O–H groups in total. The first-order valence-corrected chi connectivity index (χ1v) is 10.8. The van der Waals surface area contributed by atoms with Crippen LogP contribution in [0.25, 0.3) is 11.4 Å². The lowest BCUT2D eigenvalue weighted by atomic mass is 10.0. The monoisotopic (exact) mass is 440 g/mol. The summed E-state index contributed by atoms with van der Waals surface area (Å²) in [6.07, 6.45) is -0.393. The predicted octanol–water partition coefficient (Wildman–Crippen LogP) is 2.55. The lowest BCUT2D eigenvalue weighted by Gasteiger charge is -2.37. The number of morpholine rings is 1. The van der Waals surface area contributed by atoms with Crippen molar-refractivity contribution in [3.05, 3.63) is 35.5 Å². The second kappa shape index (κ2) is 9.39. The number of ether oxygens (including phenoxy) is 1. The van der Waals surface area contributed by atoms with Crippen molar-refractivity contribution in [1.82, 2.24) is 20.2 Å². The predicted molar refractivity (Wildman–Crippen MR) is 120 cm³/mol. The molecule has 1 fully saturated rings. The number of hydrogen-bond acceptors (Lipinski definition) is 6. The maximum absolute atomic E-state index is 11.7. The summed E-state index contributed by atoms with van der Waals surface area (Å²) in [7, 11) is 0. The number of nitrogens with one attached hydrogen (secondary N) is 2. The summed E-state index contributed by atoms with van der Waals surface area (Å²) < 4.78 is 5.58. The van der Waals surface area contributed by atoms with Crippen LogP contribution in [-0.2, 0) is 17.7 Å². The number of hydrogen-bond donors (Lipinski definition) is 3. The molecule has 1 aromatic heterocycles. The number of aromatic nitrogens is 2. The number of nitrogens with zero attached hydrogens (tertiary/aromatic N) is 4. The molecule has 0 bridgehead atoms. The fourth-order valence-electron chi connectivity index (χ4n) is 4.01. The van der Waals surface area contributed by atoms with Crippen LogP contribution in [0.2, 0.25) is 0 Å². The maximum Gasteiger partial charge on any atom is 0.407 e. The molecule has 4 rings (SSSR count). The first kappa shape index (κ1) is 21.8. The van der Waals surface area contributed by atoms with Gasteiger partial charge in [-0.15, -0.1) is 0 Å². The molecule has 2 aliphatic heterocycles. The first-order valence-electron chi connectivity index (χ1n) is 10.8. The number of benzene rings is 1. The Kier molecular flexibility index (Phi) is 6.40. The molecule has 1 unspecified atom stereocenters. The first-order chi connectivity index (χ1) is 15.5. The van der Waals surface area contributed by atoms with Crippen LogP contribution in [0.4, 0.5) is 21.1 Å². The molecule has 3 heterocycles. The largest absolute Gasteiger partial charge is 0.465 e. The summed E-state index contributed by atoms with van der Waals surface area (Å²) in [5.74, 6) is 1.36. The van der Waals surface area contributed by atoms with E-state index in [0.29, 0.717) is 50.8 Å². The minimum atomic E-state index is -0.934. The Labute approximate surface area is 186 Å². The molecule has 2 aromatic rings. The van der Waals surface area contributed by atoms with Gasteiger partial charge in [-0.1, -0.05) is 0 Å². The normalized spacial score (nSPS) is 18.1. The van der Waals surface area contributed by atoms with Crippen LogP contribution in [0.5, 0.6) is 0 Å². The molecular weight excluding hydrogens is 412 g/mol. The number of anilines is 2. The SMILES string of the molecule is CCNC(=O)Nc1ccc(-c2nc3c(c(N4CCOCC4C)n2)CN(C(=O)O)CC3)cc1. The maximum atomic E-state index is 11.7. The fourth-order valence-corrected chi connectivity index (χ4v) is 4.01. The molecule has 2 aliphatic rings. The molecule has 0 saturated carbocycles. The Hall–Kier alpha value is -3.40. The van der Waals surface area contributed by atoms with E-state index in [1.807, 2.05) is 31.2 Å². The summed E-state index contributed by atoms with van der Waals surface area (Å²) in [6.45, 7) is 7.05. The van der Waals surface area contributed by atoms with Gasteiger partial charge in [0.05, 0.1) is 31.5 Å². The molecule has 10 heteroatoms. The van der Waals surface area contributed by atoms with Crippen molar-refractivity contribution in [2.45, 2.75) is 32.9 Å². The molecule has 32 heavy (non-hydrogen) atoms. The van der Waals surface area contributed by atoms with Gasteiger partial charge in [0, 0.05) is 42.9 Å². The van der Waals surface area contributed by atoms with Gasteiger partial charge in [-0.3, -0.25) is 0 Å².